The lowest BCUT2D eigenvalue weighted by atomic mass is 10.3. The van der Waals surface area contributed by atoms with Gasteiger partial charge in [0.15, 0.2) is 5.75 Å². The van der Waals surface area contributed by atoms with E-state index in [0.29, 0.717) is 24.7 Å². The highest BCUT2D eigenvalue weighted by Gasteiger charge is 2.11. The molecule has 0 aliphatic heterocycles. The summed E-state index contributed by atoms with van der Waals surface area (Å²) in [5.41, 5.74) is 0. The van der Waals surface area contributed by atoms with Crippen LogP contribution in [0.4, 0.5) is 0 Å². The molecule has 95 valence electrons. The molecule has 0 saturated heterocycles. The molecule has 1 radical (unpaired) electrons. The van der Waals surface area contributed by atoms with Gasteiger partial charge in [0, 0.05) is 0 Å². The highest BCUT2D eigenvalue weighted by Crippen LogP contribution is 2.36. The van der Waals surface area contributed by atoms with Crippen LogP contribution in [0.3, 0.4) is 0 Å². The maximum Gasteiger partial charge on any atom is 0.224 e. The first-order valence-electron chi connectivity index (χ1n) is 6.35. The molecule has 0 aliphatic rings. The molecule has 0 saturated carbocycles. The summed E-state index contributed by atoms with van der Waals surface area (Å²) in [6.45, 7) is 5.39. The molecule has 0 fully saturated rings. The standard InChI is InChI=1S/C14H21O3/c1-3-5-10-16-13-9-7-8-12(15)14(13)17-11-6-4-2/h7-9H,3-6,10-11H2,1-2H3. The lowest BCUT2D eigenvalue weighted by molar-refractivity contribution is 0.240. The summed E-state index contributed by atoms with van der Waals surface area (Å²) in [5, 5.41) is 11.7. The predicted molar refractivity (Wildman–Crippen MR) is 67.4 cm³/mol. The summed E-state index contributed by atoms with van der Waals surface area (Å²) in [5.74, 6) is 0.828. The van der Waals surface area contributed by atoms with Gasteiger partial charge in [-0.25, -0.2) is 0 Å². The van der Waals surface area contributed by atoms with E-state index in [0.717, 1.165) is 25.7 Å². The van der Waals surface area contributed by atoms with Crippen LogP contribution in [0, 0.1) is 0 Å². The zero-order chi connectivity index (χ0) is 12.5. The zero-order valence-electron chi connectivity index (χ0n) is 10.7. The van der Waals surface area contributed by atoms with Gasteiger partial charge in [-0.3, -0.25) is 5.11 Å². The molecule has 0 heterocycles. The number of hydrogen-bond donors (Lipinski definition) is 0. The average Bonchev–Trinajstić information content (AvgIpc) is 2.33. The van der Waals surface area contributed by atoms with Crippen molar-refractivity contribution >= 4 is 0 Å². The van der Waals surface area contributed by atoms with Crippen LogP contribution < -0.4 is 9.47 Å². The summed E-state index contributed by atoms with van der Waals surface area (Å²) in [4.78, 5) is 0. The molecule has 3 heteroatoms. The van der Waals surface area contributed by atoms with Gasteiger partial charge in [-0.1, -0.05) is 32.8 Å². The second-order valence-electron chi connectivity index (χ2n) is 3.99. The number of benzene rings is 1. The fourth-order valence-corrected chi connectivity index (χ4v) is 1.40. The normalized spacial score (nSPS) is 10.2. The van der Waals surface area contributed by atoms with Crippen LogP contribution in [0.5, 0.6) is 17.2 Å². The molecule has 0 spiro atoms. The van der Waals surface area contributed by atoms with Crippen LogP contribution in [0.25, 0.3) is 0 Å². The highest BCUT2D eigenvalue weighted by atomic mass is 16.5. The van der Waals surface area contributed by atoms with E-state index < -0.39 is 0 Å². The van der Waals surface area contributed by atoms with Gasteiger partial charge in [-0.2, -0.15) is 0 Å². The Morgan fingerprint density at radius 1 is 1.00 bits per heavy atom. The number of ether oxygens (including phenoxy) is 2. The summed E-state index contributed by atoms with van der Waals surface area (Å²) < 4.78 is 11.1. The summed E-state index contributed by atoms with van der Waals surface area (Å²) in [6, 6.07) is 5.00. The molecule has 0 unspecified atom stereocenters. The van der Waals surface area contributed by atoms with Crippen molar-refractivity contribution in [2.75, 3.05) is 13.2 Å². The zero-order valence-corrected chi connectivity index (χ0v) is 10.7. The van der Waals surface area contributed by atoms with E-state index in [2.05, 4.69) is 13.8 Å². The largest absolute Gasteiger partial charge is 0.490 e. The van der Waals surface area contributed by atoms with E-state index in [4.69, 9.17) is 9.47 Å². The molecule has 1 aromatic carbocycles. The second-order valence-corrected chi connectivity index (χ2v) is 3.99. The van der Waals surface area contributed by atoms with E-state index in [1.807, 2.05) is 0 Å². The Labute approximate surface area is 103 Å². The van der Waals surface area contributed by atoms with Crippen LogP contribution in [0.2, 0.25) is 0 Å². The summed E-state index contributed by atoms with van der Waals surface area (Å²) in [6.07, 6.45) is 4.05. The molecular weight excluding hydrogens is 216 g/mol. The molecule has 0 atom stereocenters. The van der Waals surface area contributed by atoms with Gasteiger partial charge in [-0.15, -0.1) is 0 Å². The lowest BCUT2D eigenvalue weighted by Crippen LogP contribution is -2.02. The van der Waals surface area contributed by atoms with Gasteiger partial charge in [0.25, 0.3) is 0 Å². The van der Waals surface area contributed by atoms with Gasteiger partial charge in [0.05, 0.1) is 13.2 Å². The van der Waals surface area contributed by atoms with E-state index in [-0.39, 0.29) is 5.75 Å². The molecule has 0 bridgehead atoms. The van der Waals surface area contributed by atoms with Crippen molar-refractivity contribution in [2.24, 2.45) is 0 Å². The van der Waals surface area contributed by atoms with E-state index in [1.54, 1.807) is 12.1 Å². The predicted octanol–water partition coefficient (Wildman–Crippen LogP) is 4.19. The van der Waals surface area contributed by atoms with Crippen LogP contribution in [0.15, 0.2) is 18.2 Å². The quantitative estimate of drug-likeness (QED) is 0.636. The monoisotopic (exact) mass is 237 g/mol. The third kappa shape index (κ3) is 4.55. The molecule has 0 aliphatic carbocycles. The third-order valence-electron chi connectivity index (χ3n) is 2.44. The minimum absolute atomic E-state index is 0.102. The van der Waals surface area contributed by atoms with E-state index in [9.17, 15) is 5.11 Å². The van der Waals surface area contributed by atoms with E-state index in [1.165, 1.54) is 6.07 Å². The molecule has 1 rings (SSSR count). The molecule has 0 amide bonds. The first kappa shape index (κ1) is 13.7. The van der Waals surface area contributed by atoms with Crippen LogP contribution in [-0.4, -0.2) is 13.2 Å². The first-order valence-corrected chi connectivity index (χ1v) is 6.35. The second kappa shape index (κ2) is 7.82. The van der Waals surface area contributed by atoms with Gasteiger partial charge < -0.3 is 9.47 Å². The molecule has 17 heavy (non-hydrogen) atoms. The number of unbranched alkanes of at least 4 members (excludes halogenated alkanes) is 2. The van der Waals surface area contributed by atoms with Crippen molar-refractivity contribution in [2.45, 2.75) is 39.5 Å². The fourth-order valence-electron chi connectivity index (χ4n) is 1.40. The highest BCUT2D eigenvalue weighted by molar-refractivity contribution is 5.50. The number of rotatable bonds is 8. The fraction of sp³-hybridized carbons (Fsp3) is 0.571. The van der Waals surface area contributed by atoms with Crippen LogP contribution >= 0.6 is 0 Å². The SMILES string of the molecule is CCCCOc1cccc([O])c1OCCCC. The average molecular weight is 237 g/mol. The van der Waals surface area contributed by atoms with Crippen molar-refractivity contribution in [3.63, 3.8) is 0 Å². The summed E-state index contributed by atoms with van der Waals surface area (Å²) >= 11 is 0. The smallest absolute Gasteiger partial charge is 0.224 e. The molecule has 3 nitrogen and oxygen atoms in total. The van der Waals surface area contributed by atoms with E-state index >= 15 is 0 Å². The molecule has 0 aromatic heterocycles. The van der Waals surface area contributed by atoms with Crippen LogP contribution in [-0.2, 0) is 5.11 Å². The Morgan fingerprint density at radius 2 is 1.65 bits per heavy atom. The molecule has 0 N–H and O–H groups in total. The Morgan fingerprint density at radius 3 is 2.29 bits per heavy atom. The van der Waals surface area contributed by atoms with Gasteiger partial charge in [-0.05, 0) is 25.0 Å². The van der Waals surface area contributed by atoms with Crippen molar-refractivity contribution in [1.82, 2.24) is 0 Å². The van der Waals surface area contributed by atoms with Crippen LogP contribution in [0.1, 0.15) is 39.5 Å². The summed E-state index contributed by atoms with van der Waals surface area (Å²) in [7, 11) is 0. The van der Waals surface area contributed by atoms with Gasteiger partial charge in [0.1, 0.15) is 0 Å². The van der Waals surface area contributed by atoms with Gasteiger partial charge >= 0.3 is 0 Å². The van der Waals surface area contributed by atoms with Crippen molar-refractivity contribution in [3.8, 4) is 17.2 Å². The van der Waals surface area contributed by atoms with Crippen molar-refractivity contribution < 1.29 is 14.6 Å². The van der Waals surface area contributed by atoms with Crippen molar-refractivity contribution in [1.29, 1.82) is 0 Å². The topological polar surface area (TPSA) is 38.4 Å². The number of hydrogen-bond acceptors (Lipinski definition) is 2. The Hall–Kier alpha value is -1.38. The lowest BCUT2D eigenvalue weighted by Gasteiger charge is -2.12. The maximum absolute atomic E-state index is 11.7. The Balaban J connectivity index is 2.63. The minimum atomic E-state index is -0.102. The molecule has 1 aromatic rings. The third-order valence-corrected chi connectivity index (χ3v) is 2.44. The minimum Gasteiger partial charge on any atom is -0.490 e. The Bertz CT molecular complexity index is 323. The number of para-hydroxylation sites is 1. The molecular formula is C14H21O3. The Kier molecular flexibility index (Phi) is 6.30. The van der Waals surface area contributed by atoms with Crippen molar-refractivity contribution in [3.05, 3.63) is 18.2 Å². The first-order chi connectivity index (χ1) is 8.29. The van der Waals surface area contributed by atoms with Gasteiger partial charge in [0.2, 0.25) is 11.5 Å². The maximum atomic E-state index is 11.7.